The molecule has 72 valence electrons. The SMILES string of the molecule is CO[Si](CC1CCC1)(OC)OC. The molecule has 1 aliphatic carbocycles. The third-order valence-corrected chi connectivity index (χ3v) is 5.64. The third-order valence-electron chi connectivity index (χ3n) is 2.70. The van der Waals surface area contributed by atoms with Crippen molar-refractivity contribution in [2.45, 2.75) is 25.3 Å². The molecule has 0 heterocycles. The molecule has 0 aromatic carbocycles. The fourth-order valence-corrected chi connectivity index (χ4v) is 3.67. The molecule has 1 aliphatic rings. The monoisotopic (exact) mass is 190 g/mol. The van der Waals surface area contributed by atoms with Gasteiger partial charge in [0, 0.05) is 27.4 Å². The first-order valence-corrected chi connectivity index (χ1v) is 6.35. The Hall–Kier alpha value is 0.0969. The van der Waals surface area contributed by atoms with Gasteiger partial charge in [0.1, 0.15) is 0 Å². The van der Waals surface area contributed by atoms with E-state index in [-0.39, 0.29) is 0 Å². The van der Waals surface area contributed by atoms with Crippen molar-refractivity contribution in [2.75, 3.05) is 21.3 Å². The van der Waals surface area contributed by atoms with Crippen molar-refractivity contribution in [1.29, 1.82) is 0 Å². The predicted octanol–water partition coefficient (Wildman–Crippen LogP) is 1.66. The molecule has 0 atom stereocenters. The molecule has 0 aliphatic heterocycles. The Balaban J connectivity index is 2.39. The molecule has 0 aromatic rings. The maximum Gasteiger partial charge on any atom is 0.500 e. The van der Waals surface area contributed by atoms with Gasteiger partial charge < -0.3 is 13.3 Å². The summed E-state index contributed by atoms with van der Waals surface area (Å²) in [4.78, 5) is 0. The number of hydrogen-bond acceptors (Lipinski definition) is 3. The average molecular weight is 190 g/mol. The summed E-state index contributed by atoms with van der Waals surface area (Å²) in [6.45, 7) is 0. The molecule has 0 bridgehead atoms. The Labute approximate surface area is 75.4 Å². The lowest BCUT2D eigenvalue weighted by Crippen LogP contribution is -2.45. The summed E-state index contributed by atoms with van der Waals surface area (Å²) in [5, 5.41) is 0. The summed E-state index contributed by atoms with van der Waals surface area (Å²) in [5.41, 5.74) is 0. The second-order valence-corrected chi connectivity index (χ2v) is 6.30. The van der Waals surface area contributed by atoms with Crippen molar-refractivity contribution in [1.82, 2.24) is 0 Å². The van der Waals surface area contributed by atoms with Crippen LogP contribution in [-0.4, -0.2) is 30.1 Å². The van der Waals surface area contributed by atoms with Crippen molar-refractivity contribution in [3.05, 3.63) is 0 Å². The van der Waals surface area contributed by atoms with E-state index >= 15 is 0 Å². The summed E-state index contributed by atoms with van der Waals surface area (Å²) < 4.78 is 16.0. The quantitative estimate of drug-likeness (QED) is 0.617. The van der Waals surface area contributed by atoms with Gasteiger partial charge in [0.2, 0.25) is 0 Å². The van der Waals surface area contributed by atoms with Crippen LogP contribution in [0.5, 0.6) is 0 Å². The van der Waals surface area contributed by atoms with Gasteiger partial charge in [-0.1, -0.05) is 19.3 Å². The van der Waals surface area contributed by atoms with Crippen molar-refractivity contribution in [2.24, 2.45) is 5.92 Å². The molecule has 1 saturated carbocycles. The van der Waals surface area contributed by atoms with Gasteiger partial charge >= 0.3 is 8.80 Å². The Morgan fingerprint density at radius 1 is 1.08 bits per heavy atom. The van der Waals surface area contributed by atoms with E-state index in [1.54, 1.807) is 21.3 Å². The lowest BCUT2D eigenvalue weighted by molar-refractivity contribution is 0.111. The van der Waals surface area contributed by atoms with Gasteiger partial charge in [-0.2, -0.15) is 0 Å². The molecule has 4 heteroatoms. The highest BCUT2D eigenvalue weighted by molar-refractivity contribution is 6.60. The van der Waals surface area contributed by atoms with E-state index in [2.05, 4.69) is 0 Å². The van der Waals surface area contributed by atoms with Gasteiger partial charge in [-0.3, -0.25) is 0 Å². The number of hydrogen-bond donors (Lipinski definition) is 0. The second kappa shape index (κ2) is 4.37. The van der Waals surface area contributed by atoms with E-state index in [0.717, 1.165) is 12.0 Å². The minimum Gasteiger partial charge on any atom is -0.377 e. The van der Waals surface area contributed by atoms with Gasteiger partial charge in [-0.05, 0) is 5.92 Å². The van der Waals surface area contributed by atoms with Crippen molar-refractivity contribution < 1.29 is 13.3 Å². The molecule has 0 N–H and O–H groups in total. The zero-order valence-electron chi connectivity index (χ0n) is 8.13. The Morgan fingerprint density at radius 3 is 1.83 bits per heavy atom. The molecular formula is C8H18O3Si. The smallest absolute Gasteiger partial charge is 0.377 e. The molecule has 0 radical (unpaired) electrons. The highest BCUT2D eigenvalue weighted by Gasteiger charge is 2.41. The van der Waals surface area contributed by atoms with Crippen LogP contribution >= 0.6 is 0 Å². The van der Waals surface area contributed by atoms with Crippen LogP contribution in [0.1, 0.15) is 19.3 Å². The maximum atomic E-state index is 5.34. The minimum absolute atomic E-state index is 0.775. The lowest BCUT2D eigenvalue weighted by Gasteiger charge is -2.32. The first-order chi connectivity index (χ1) is 5.76. The molecule has 0 spiro atoms. The zero-order chi connectivity index (χ0) is 9.03. The Morgan fingerprint density at radius 2 is 1.58 bits per heavy atom. The van der Waals surface area contributed by atoms with Gasteiger partial charge in [0.25, 0.3) is 0 Å². The van der Waals surface area contributed by atoms with Crippen LogP contribution in [0.3, 0.4) is 0 Å². The number of rotatable bonds is 5. The van der Waals surface area contributed by atoms with Gasteiger partial charge in [0.15, 0.2) is 0 Å². The highest BCUT2D eigenvalue weighted by Crippen LogP contribution is 2.34. The first-order valence-electron chi connectivity index (χ1n) is 4.42. The van der Waals surface area contributed by atoms with E-state index in [9.17, 15) is 0 Å². The molecule has 0 unspecified atom stereocenters. The minimum atomic E-state index is -2.25. The third kappa shape index (κ3) is 2.07. The molecular weight excluding hydrogens is 172 g/mol. The summed E-state index contributed by atoms with van der Waals surface area (Å²) in [7, 11) is 2.79. The van der Waals surface area contributed by atoms with Crippen LogP contribution in [0.25, 0.3) is 0 Å². The van der Waals surface area contributed by atoms with E-state index < -0.39 is 8.80 Å². The summed E-state index contributed by atoms with van der Waals surface area (Å²) >= 11 is 0. The van der Waals surface area contributed by atoms with Gasteiger partial charge in [0.05, 0.1) is 0 Å². The average Bonchev–Trinajstić information content (AvgIpc) is 2.05. The van der Waals surface area contributed by atoms with Crippen molar-refractivity contribution in [3.8, 4) is 0 Å². The highest BCUT2D eigenvalue weighted by atomic mass is 28.4. The van der Waals surface area contributed by atoms with Gasteiger partial charge in [-0.25, -0.2) is 0 Å². The fourth-order valence-electron chi connectivity index (χ4n) is 1.55. The molecule has 1 fully saturated rings. The molecule has 1 rings (SSSR count). The zero-order valence-corrected chi connectivity index (χ0v) is 9.13. The summed E-state index contributed by atoms with van der Waals surface area (Å²) in [6.07, 6.45) is 3.97. The Kier molecular flexibility index (Phi) is 3.70. The first kappa shape index (κ1) is 10.2. The van der Waals surface area contributed by atoms with Crippen LogP contribution < -0.4 is 0 Å². The standard InChI is InChI=1S/C8H18O3Si/c1-9-12(10-2,11-3)7-8-5-4-6-8/h8H,4-7H2,1-3H3. The van der Waals surface area contributed by atoms with Crippen LogP contribution in [0.15, 0.2) is 0 Å². The maximum absolute atomic E-state index is 5.34. The molecule has 12 heavy (non-hydrogen) atoms. The summed E-state index contributed by atoms with van der Waals surface area (Å²) in [5.74, 6) is 0.775. The van der Waals surface area contributed by atoms with E-state index in [4.69, 9.17) is 13.3 Å². The Bertz CT molecular complexity index is 124. The second-order valence-electron chi connectivity index (χ2n) is 3.30. The van der Waals surface area contributed by atoms with E-state index in [1.165, 1.54) is 19.3 Å². The van der Waals surface area contributed by atoms with E-state index in [0.29, 0.717) is 0 Å². The molecule has 0 aromatic heterocycles. The normalized spacial score (nSPS) is 19.2. The summed E-state index contributed by atoms with van der Waals surface area (Å²) in [6, 6.07) is 0.983. The topological polar surface area (TPSA) is 27.7 Å². The van der Waals surface area contributed by atoms with Crippen molar-refractivity contribution >= 4 is 8.80 Å². The molecule has 0 amide bonds. The fraction of sp³-hybridized carbons (Fsp3) is 1.00. The van der Waals surface area contributed by atoms with E-state index in [1.807, 2.05) is 0 Å². The molecule has 0 saturated heterocycles. The molecule has 3 nitrogen and oxygen atoms in total. The van der Waals surface area contributed by atoms with Crippen LogP contribution in [0.4, 0.5) is 0 Å². The van der Waals surface area contributed by atoms with Crippen LogP contribution in [0.2, 0.25) is 6.04 Å². The van der Waals surface area contributed by atoms with Crippen LogP contribution in [0, 0.1) is 5.92 Å². The lowest BCUT2D eigenvalue weighted by atomic mass is 9.87. The van der Waals surface area contributed by atoms with Crippen molar-refractivity contribution in [3.63, 3.8) is 0 Å². The predicted molar refractivity (Wildman–Crippen MR) is 48.9 cm³/mol. The van der Waals surface area contributed by atoms with Crippen LogP contribution in [-0.2, 0) is 13.3 Å². The largest absolute Gasteiger partial charge is 0.500 e. The van der Waals surface area contributed by atoms with Gasteiger partial charge in [-0.15, -0.1) is 0 Å².